The summed E-state index contributed by atoms with van der Waals surface area (Å²) in [6.45, 7) is 1.65. The summed E-state index contributed by atoms with van der Waals surface area (Å²) < 4.78 is 5.67. The molecule has 0 radical (unpaired) electrons. The van der Waals surface area contributed by atoms with Gasteiger partial charge in [-0.05, 0) is 24.8 Å². The van der Waals surface area contributed by atoms with Crippen molar-refractivity contribution in [2.24, 2.45) is 11.7 Å². The van der Waals surface area contributed by atoms with Gasteiger partial charge >= 0.3 is 0 Å². The van der Waals surface area contributed by atoms with E-state index in [4.69, 9.17) is 22.7 Å². The Kier molecular flexibility index (Phi) is 2.51. The molecule has 3 N–H and O–H groups in total. The average molecular weight is 198 g/mol. The van der Waals surface area contributed by atoms with E-state index in [9.17, 15) is 0 Å². The summed E-state index contributed by atoms with van der Waals surface area (Å²) in [5.74, 6) is 0.688. The third-order valence-corrected chi connectivity index (χ3v) is 2.50. The van der Waals surface area contributed by atoms with Crippen LogP contribution in [0, 0.1) is 5.92 Å². The topological polar surface area (TPSA) is 47.3 Å². The third-order valence-electron chi connectivity index (χ3n) is 2.38. The summed E-state index contributed by atoms with van der Waals surface area (Å²) in [4.78, 5) is 0.429. The Hall–Kier alpha value is -0.610. The molecule has 1 saturated heterocycles. The Balaban J connectivity index is 2.07. The maximum absolute atomic E-state index is 5.67. The van der Waals surface area contributed by atoms with Gasteiger partial charge in [-0.15, -0.1) is 0 Å². The van der Waals surface area contributed by atoms with Crippen LogP contribution >= 0.6 is 12.2 Å². The summed E-state index contributed by atoms with van der Waals surface area (Å²) >= 11 is 4.84. The Morgan fingerprint density at radius 1 is 1.62 bits per heavy atom. The lowest BCUT2D eigenvalue weighted by Gasteiger charge is -2.27. The first-order chi connectivity index (χ1) is 6.27. The van der Waals surface area contributed by atoms with Gasteiger partial charge in [-0.25, -0.2) is 0 Å². The Morgan fingerprint density at radius 2 is 2.38 bits per heavy atom. The quantitative estimate of drug-likeness (QED) is 0.502. The summed E-state index contributed by atoms with van der Waals surface area (Å²) in [6, 6.07) is 0. The molecule has 1 aliphatic carbocycles. The number of thiocarbonyl (C=S) groups is 1. The normalized spacial score (nSPS) is 31.4. The molecule has 1 heterocycles. The number of hydrogen-bond donors (Lipinski definition) is 2. The fourth-order valence-corrected chi connectivity index (χ4v) is 1.77. The molecule has 2 aliphatic rings. The van der Waals surface area contributed by atoms with Crippen molar-refractivity contribution in [1.29, 1.82) is 0 Å². The molecule has 0 aromatic rings. The molecule has 0 amide bonds. The molecule has 2 fully saturated rings. The number of nitrogens with two attached hydrogens (primary N) is 1. The molecule has 0 aromatic carbocycles. The minimum absolute atomic E-state index is 0.218. The second-order valence-corrected chi connectivity index (χ2v) is 4.03. The minimum Gasteiger partial charge on any atom is -0.390 e. The zero-order valence-corrected chi connectivity index (χ0v) is 8.27. The van der Waals surface area contributed by atoms with E-state index in [2.05, 4.69) is 5.32 Å². The van der Waals surface area contributed by atoms with Gasteiger partial charge in [0.1, 0.15) is 0 Å². The van der Waals surface area contributed by atoms with Crippen LogP contribution in [0.5, 0.6) is 0 Å². The van der Waals surface area contributed by atoms with Crippen molar-refractivity contribution in [2.75, 3.05) is 13.2 Å². The maximum atomic E-state index is 5.67. The number of ether oxygens (including phenoxy) is 1. The lowest BCUT2D eigenvalue weighted by Crippen LogP contribution is -2.38. The van der Waals surface area contributed by atoms with Crippen molar-refractivity contribution >= 4 is 17.2 Å². The van der Waals surface area contributed by atoms with Crippen LogP contribution in [0.25, 0.3) is 0 Å². The maximum Gasteiger partial charge on any atom is 0.0999 e. The van der Waals surface area contributed by atoms with E-state index >= 15 is 0 Å². The molecule has 3 nitrogen and oxygen atoms in total. The van der Waals surface area contributed by atoms with Gasteiger partial charge in [0, 0.05) is 12.2 Å². The highest BCUT2D eigenvalue weighted by Gasteiger charge is 2.35. The Morgan fingerprint density at radius 3 is 3.00 bits per heavy atom. The van der Waals surface area contributed by atoms with Crippen LogP contribution in [0.15, 0.2) is 11.8 Å². The van der Waals surface area contributed by atoms with Crippen molar-refractivity contribution < 1.29 is 4.74 Å². The lowest BCUT2D eigenvalue weighted by molar-refractivity contribution is 0.0401. The zero-order chi connectivity index (χ0) is 9.26. The SMILES string of the molecule is NC(=S)/C=C1\NCCOC1C1CC1. The molecule has 4 heteroatoms. The van der Waals surface area contributed by atoms with Crippen molar-refractivity contribution in [1.82, 2.24) is 5.32 Å². The van der Waals surface area contributed by atoms with Gasteiger partial charge in [0.2, 0.25) is 0 Å². The standard InChI is InChI=1S/C9H14N2OS/c10-8(13)5-7-9(6-1-2-6)12-4-3-11-7/h5-6,9,11H,1-4H2,(H2,10,13)/b7-5-. The fourth-order valence-electron chi connectivity index (χ4n) is 1.65. The van der Waals surface area contributed by atoms with Crippen LogP contribution in [-0.4, -0.2) is 24.2 Å². The van der Waals surface area contributed by atoms with Gasteiger partial charge in [-0.2, -0.15) is 0 Å². The van der Waals surface area contributed by atoms with Crippen molar-refractivity contribution in [3.63, 3.8) is 0 Å². The number of hydrogen-bond acceptors (Lipinski definition) is 3. The van der Waals surface area contributed by atoms with Crippen LogP contribution in [0.3, 0.4) is 0 Å². The van der Waals surface area contributed by atoms with Gasteiger partial charge in [0.25, 0.3) is 0 Å². The van der Waals surface area contributed by atoms with Crippen molar-refractivity contribution in [2.45, 2.75) is 18.9 Å². The highest BCUT2D eigenvalue weighted by Crippen LogP contribution is 2.37. The Labute approximate surface area is 83.3 Å². The fraction of sp³-hybridized carbons (Fsp3) is 0.667. The van der Waals surface area contributed by atoms with Gasteiger partial charge < -0.3 is 15.8 Å². The molecule has 1 unspecified atom stereocenters. The number of nitrogens with one attached hydrogen (secondary N) is 1. The van der Waals surface area contributed by atoms with Crippen LogP contribution in [0.2, 0.25) is 0 Å². The van der Waals surface area contributed by atoms with Crippen molar-refractivity contribution in [3.8, 4) is 0 Å². The van der Waals surface area contributed by atoms with Crippen LogP contribution in [0.4, 0.5) is 0 Å². The molecular formula is C9H14N2OS. The molecular weight excluding hydrogens is 184 g/mol. The van der Waals surface area contributed by atoms with E-state index in [1.807, 2.05) is 6.08 Å². The molecule has 0 bridgehead atoms. The third kappa shape index (κ3) is 2.19. The second kappa shape index (κ2) is 3.64. The highest BCUT2D eigenvalue weighted by molar-refractivity contribution is 7.80. The van der Waals surface area contributed by atoms with E-state index in [0.29, 0.717) is 10.9 Å². The predicted octanol–water partition coefficient (Wildman–Crippen LogP) is 0.555. The lowest BCUT2D eigenvalue weighted by atomic mass is 10.1. The Bertz CT molecular complexity index is 248. The van der Waals surface area contributed by atoms with Gasteiger partial charge in [0.15, 0.2) is 0 Å². The molecule has 1 aliphatic heterocycles. The first-order valence-electron chi connectivity index (χ1n) is 4.64. The first-order valence-corrected chi connectivity index (χ1v) is 5.04. The van der Waals surface area contributed by atoms with E-state index < -0.39 is 0 Å². The molecule has 1 atom stereocenters. The van der Waals surface area contributed by atoms with Crippen LogP contribution < -0.4 is 11.1 Å². The summed E-state index contributed by atoms with van der Waals surface area (Å²) in [6.07, 6.45) is 4.56. The average Bonchev–Trinajstić information content (AvgIpc) is 2.87. The second-order valence-electron chi connectivity index (χ2n) is 3.56. The van der Waals surface area contributed by atoms with Gasteiger partial charge in [-0.3, -0.25) is 0 Å². The molecule has 0 spiro atoms. The number of rotatable bonds is 2. The van der Waals surface area contributed by atoms with E-state index in [0.717, 1.165) is 18.8 Å². The van der Waals surface area contributed by atoms with Crippen LogP contribution in [0.1, 0.15) is 12.8 Å². The smallest absolute Gasteiger partial charge is 0.0999 e. The van der Waals surface area contributed by atoms with E-state index in [1.165, 1.54) is 12.8 Å². The summed E-state index contributed by atoms with van der Waals surface area (Å²) in [5, 5.41) is 3.29. The zero-order valence-electron chi connectivity index (χ0n) is 7.45. The minimum atomic E-state index is 0.218. The van der Waals surface area contributed by atoms with Gasteiger partial charge in [0.05, 0.1) is 17.7 Å². The molecule has 1 saturated carbocycles. The largest absolute Gasteiger partial charge is 0.390 e. The summed E-state index contributed by atoms with van der Waals surface area (Å²) in [7, 11) is 0. The highest BCUT2D eigenvalue weighted by atomic mass is 32.1. The number of morpholine rings is 1. The molecule has 13 heavy (non-hydrogen) atoms. The van der Waals surface area contributed by atoms with Crippen molar-refractivity contribution in [3.05, 3.63) is 11.8 Å². The monoisotopic (exact) mass is 198 g/mol. The first kappa shape index (κ1) is 8.97. The predicted molar refractivity (Wildman–Crippen MR) is 55.3 cm³/mol. The van der Waals surface area contributed by atoms with E-state index in [1.54, 1.807) is 0 Å². The molecule has 2 rings (SSSR count). The van der Waals surface area contributed by atoms with Crippen LogP contribution in [-0.2, 0) is 4.74 Å². The molecule has 0 aromatic heterocycles. The van der Waals surface area contributed by atoms with Gasteiger partial charge in [-0.1, -0.05) is 12.2 Å². The van der Waals surface area contributed by atoms with E-state index in [-0.39, 0.29) is 6.10 Å². The molecule has 72 valence electrons. The summed E-state index contributed by atoms with van der Waals surface area (Å²) in [5.41, 5.74) is 6.54.